The maximum Gasteiger partial charge on any atom is 0.495 e. The molecule has 0 unspecified atom stereocenters. The molecule has 4 rings (SSSR count). The number of benzene rings is 2. The summed E-state index contributed by atoms with van der Waals surface area (Å²) in [4.78, 5) is 31.6. The van der Waals surface area contributed by atoms with Gasteiger partial charge in [0.25, 0.3) is 0 Å². The maximum atomic E-state index is 13.3. The van der Waals surface area contributed by atoms with Crippen LogP contribution in [0.15, 0.2) is 42.5 Å². The molecule has 2 aliphatic heterocycles. The zero-order valence-corrected chi connectivity index (χ0v) is 28.2. The Labute approximate surface area is 267 Å². The Hall–Kier alpha value is -2.79. The quantitative estimate of drug-likeness (QED) is 0.351. The van der Waals surface area contributed by atoms with Gasteiger partial charge in [0.15, 0.2) is 0 Å². The minimum atomic E-state index is -0.638. The van der Waals surface area contributed by atoms with E-state index in [9.17, 15) is 9.59 Å². The summed E-state index contributed by atoms with van der Waals surface area (Å²) in [7, 11) is -0.525. The summed E-state index contributed by atoms with van der Waals surface area (Å²) in [6, 6.07) is 13.6. The van der Waals surface area contributed by atoms with Crippen molar-refractivity contribution in [2.24, 2.45) is 0 Å². The molecule has 2 aromatic carbocycles. The smallest absolute Gasteiger partial charge is 0.445 e. The molecule has 2 aliphatic rings. The maximum absolute atomic E-state index is 13.3. The lowest BCUT2D eigenvalue weighted by Gasteiger charge is -2.35. The molecule has 11 heteroatoms. The van der Waals surface area contributed by atoms with E-state index in [1.54, 1.807) is 9.80 Å². The van der Waals surface area contributed by atoms with Crippen LogP contribution in [0.3, 0.4) is 0 Å². The van der Waals surface area contributed by atoms with Gasteiger partial charge in [-0.3, -0.25) is 4.90 Å². The molecule has 2 saturated heterocycles. The van der Waals surface area contributed by atoms with Gasteiger partial charge in [-0.05, 0) is 77.5 Å². The minimum absolute atomic E-state index is 0.254. The van der Waals surface area contributed by atoms with Crippen LogP contribution in [0, 0.1) is 6.92 Å². The highest BCUT2D eigenvalue weighted by atomic mass is 35.5. The fourth-order valence-corrected chi connectivity index (χ4v) is 5.33. The Bertz CT molecular complexity index is 1290. The SMILES string of the molecule is Cc1c(B2OC(C)(C)C(C)(C)O2)ccc(CN(CCN2CCN(C(=O)OCc3ccccc3)CC2)C(=O)OC(C)(C)C)c1Cl. The first kappa shape index (κ1) is 34.1. The van der Waals surface area contributed by atoms with Gasteiger partial charge in [0.05, 0.1) is 17.7 Å². The van der Waals surface area contributed by atoms with Crippen LogP contribution in [-0.4, -0.2) is 90.1 Å². The van der Waals surface area contributed by atoms with Crippen molar-refractivity contribution in [1.82, 2.24) is 14.7 Å². The molecule has 2 amide bonds. The monoisotopic (exact) mass is 627 g/mol. The van der Waals surface area contributed by atoms with Crippen LogP contribution in [0.25, 0.3) is 0 Å². The van der Waals surface area contributed by atoms with Crippen molar-refractivity contribution in [2.45, 2.75) is 85.3 Å². The highest BCUT2D eigenvalue weighted by Gasteiger charge is 2.52. The Kier molecular flexibility index (Phi) is 10.6. The molecule has 240 valence electrons. The summed E-state index contributed by atoms with van der Waals surface area (Å²) in [5, 5.41) is 0.577. The summed E-state index contributed by atoms with van der Waals surface area (Å²) in [5.41, 5.74) is 1.96. The third kappa shape index (κ3) is 8.47. The lowest BCUT2D eigenvalue weighted by molar-refractivity contribution is 0.00578. The number of piperazine rings is 1. The van der Waals surface area contributed by atoms with E-state index in [2.05, 4.69) is 4.90 Å². The first-order valence-corrected chi connectivity index (χ1v) is 15.7. The molecule has 44 heavy (non-hydrogen) atoms. The Morgan fingerprint density at radius 1 is 0.977 bits per heavy atom. The molecular formula is C33H47BClN3O6. The molecule has 9 nitrogen and oxygen atoms in total. The number of hydrogen-bond acceptors (Lipinski definition) is 7. The summed E-state index contributed by atoms with van der Waals surface area (Å²) in [6.45, 7) is 19.7. The molecule has 2 aromatic rings. The highest BCUT2D eigenvalue weighted by molar-refractivity contribution is 6.63. The van der Waals surface area contributed by atoms with Gasteiger partial charge in [-0.1, -0.05) is 54.1 Å². The van der Waals surface area contributed by atoms with Gasteiger partial charge in [-0.2, -0.15) is 0 Å². The summed E-state index contributed by atoms with van der Waals surface area (Å²) < 4.78 is 23.8. The second kappa shape index (κ2) is 13.7. The van der Waals surface area contributed by atoms with Crippen LogP contribution in [0.2, 0.25) is 5.02 Å². The van der Waals surface area contributed by atoms with Gasteiger partial charge in [0.1, 0.15) is 12.2 Å². The highest BCUT2D eigenvalue weighted by Crippen LogP contribution is 2.37. The second-order valence-electron chi connectivity index (χ2n) is 13.6. The van der Waals surface area contributed by atoms with Crippen LogP contribution in [0.5, 0.6) is 0 Å². The molecule has 0 aliphatic carbocycles. The molecule has 2 heterocycles. The van der Waals surface area contributed by atoms with E-state index < -0.39 is 30.0 Å². The fourth-order valence-electron chi connectivity index (χ4n) is 5.10. The van der Waals surface area contributed by atoms with E-state index in [0.717, 1.165) is 22.2 Å². The number of rotatable bonds is 8. The van der Waals surface area contributed by atoms with Gasteiger partial charge >= 0.3 is 19.3 Å². The first-order chi connectivity index (χ1) is 20.6. The van der Waals surface area contributed by atoms with Gasteiger partial charge in [0, 0.05) is 44.3 Å². The van der Waals surface area contributed by atoms with Gasteiger partial charge in [-0.25, -0.2) is 9.59 Å². The van der Waals surface area contributed by atoms with Gasteiger partial charge in [0.2, 0.25) is 0 Å². The standard InChI is InChI=1S/C33H47BClN3O6/c1-24-27(34-43-32(5,6)33(7,8)44-34)15-14-26(28(24)35)22-38(30(40)42-31(2,3)4)21-18-36-16-19-37(20-17-36)29(39)41-23-25-12-10-9-11-13-25/h9-15H,16-23H2,1-8H3. The average molecular weight is 628 g/mol. The van der Waals surface area contributed by atoms with Crippen LogP contribution in [0.1, 0.15) is 65.2 Å². The van der Waals surface area contributed by atoms with Crippen LogP contribution in [-0.2, 0) is 31.9 Å². The average Bonchev–Trinajstić information content (AvgIpc) is 3.17. The Morgan fingerprint density at radius 2 is 1.59 bits per heavy atom. The summed E-state index contributed by atoms with van der Waals surface area (Å²) in [6.07, 6.45) is -0.706. The number of ether oxygens (including phenoxy) is 2. The van der Waals surface area contributed by atoms with E-state index >= 15 is 0 Å². The van der Waals surface area contributed by atoms with E-state index in [1.807, 2.05) is 97.9 Å². The van der Waals surface area contributed by atoms with Crippen molar-refractivity contribution < 1.29 is 28.4 Å². The number of nitrogens with zero attached hydrogens (tertiary/aromatic N) is 3. The van der Waals surface area contributed by atoms with Crippen molar-refractivity contribution in [3.8, 4) is 0 Å². The number of halogens is 1. The first-order valence-electron chi connectivity index (χ1n) is 15.4. The third-order valence-corrected chi connectivity index (χ3v) is 9.08. The van der Waals surface area contributed by atoms with Gasteiger partial charge < -0.3 is 28.6 Å². The minimum Gasteiger partial charge on any atom is -0.445 e. The summed E-state index contributed by atoms with van der Waals surface area (Å²) >= 11 is 6.91. The molecule has 0 saturated carbocycles. The lowest BCUT2D eigenvalue weighted by atomic mass is 9.75. The number of carbonyl (C=O) groups is 2. The molecule has 2 fully saturated rings. The molecule has 0 spiro atoms. The second-order valence-corrected chi connectivity index (χ2v) is 14.0. The van der Waals surface area contributed by atoms with E-state index in [1.165, 1.54) is 0 Å². The molecular weight excluding hydrogens is 581 g/mol. The van der Waals surface area contributed by atoms with E-state index in [0.29, 0.717) is 50.8 Å². The van der Waals surface area contributed by atoms with Gasteiger partial charge in [-0.15, -0.1) is 0 Å². The molecule has 0 N–H and O–H groups in total. The van der Waals surface area contributed by atoms with E-state index in [-0.39, 0.29) is 12.7 Å². The van der Waals surface area contributed by atoms with E-state index in [4.69, 9.17) is 30.4 Å². The fraction of sp³-hybridized carbons (Fsp3) is 0.576. The van der Waals surface area contributed by atoms with Crippen molar-refractivity contribution in [3.05, 3.63) is 64.2 Å². The van der Waals surface area contributed by atoms with Crippen LogP contribution >= 0.6 is 11.6 Å². The largest absolute Gasteiger partial charge is 0.495 e. The van der Waals surface area contributed by atoms with Crippen molar-refractivity contribution >= 4 is 36.4 Å². The van der Waals surface area contributed by atoms with Crippen LogP contribution < -0.4 is 5.46 Å². The molecule has 0 atom stereocenters. The predicted octanol–water partition coefficient (Wildman–Crippen LogP) is 5.64. The lowest BCUT2D eigenvalue weighted by Crippen LogP contribution is -2.51. The zero-order chi connectivity index (χ0) is 32.3. The van der Waals surface area contributed by atoms with Crippen molar-refractivity contribution in [3.63, 3.8) is 0 Å². The normalized spacial score (nSPS) is 18.3. The summed E-state index contributed by atoms with van der Waals surface area (Å²) in [5.74, 6) is 0. The van der Waals surface area contributed by atoms with Crippen molar-refractivity contribution in [2.75, 3.05) is 39.3 Å². The zero-order valence-electron chi connectivity index (χ0n) is 27.4. The number of amides is 2. The topological polar surface area (TPSA) is 80.8 Å². The number of carbonyl (C=O) groups excluding carboxylic acids is 2. The number of hydrogen-bond donors (Lipinski definition) is 0. The van der Waals surface area contributed by atoms with Crippen LogP contribution in [0.4, 0.5) is 9.59 Å². The molecule has 0 aromatic heterocycles. The van der Waals surface area contributed by atoms with Crippen molar-refractivity contribution in [1.29, 1.82) is 0 Å². The molecule has 0 radical (unpaired) electrons. The Morgan fingerprint density at radius 3 is 2.18 bits per heavy atom. The third-order valence-electron chi connectivity index (χ3n) is 8.55. The predicted molar refractivity (Wildman–Crippen MR) is 173 cm³/mol. The Balaban J connectivity index is 1.37. The molecule has 0 bridgehead atoms.